The summed E-state index contributed by atoms with van der Waals surface area (Å²) >= 11 is 5.21. The van der Waals surface area contributed by atoms with Gasteiger partial charge >= 0.3 is 0 Å². The van der Waals surface area contributed by atoms with Crippen LogP contribution in [0.25, 0.3) is 10.2 Å². The molecule has 1 N–H and O–H groups in total. The zero-order valence-electron chi connectivity index (χ0n) is 11.1. The molecule has 2 nitrogen and oxygen atoms in total. The number of nitrogens with one attached hydrogen (secondary N) is 1. The minimum absolute atomic E-state index is 0.260. The molecule has 0 aliphatic carbocycles. The molecule has 3 aromatic rings. The van der Waals surface area contributed by atoms with E-state index in [2.05, 4.69) is 75.6 Å². The summed E-state index contributed by atoms with van der Waals surface area (Å²) < 4.78 is 2.36. The topological polar surface area (TPSA) is 24.9 Å². The lowest BCUT2D eigenvalue weighted by Gasteiger charge is -2.11. The number of thiazole rings is 1. The third-order valence-corrected chi connectivity index (χ3v) is 4.95. The first-order chi connectivity index (χ1) is 9.72. The second-order valence-corrected chi connectivity index (χ2v) is 6.73. The third kappa shape index (κ3) is 3.08. The maximum absolute atomic E-state index is 4.69. The number of nitrogens with zero attached hydrogens (tertiary/aromatic N) is 1. The Morgan fingerprint density at radius 3 is 2.65 bits per heavy atom. The smallest absolute Gasteiger partial charge is 0.111 e. The molecule has 0 fully saturated rings. The minimum atomic E-state index is 0.260. The molecular weight excluding hydrogens is 332 g/mol. The molecule has 0 aliphatic rings. The number of hydrogen-bond acceptors (Lipinski definition) is 3. The molecule has 0 bridgehead atoms. The molecule has 0 saturated heterocycles. The second-order valence-electron chi connectivity index (χ2n) is 4.75. The van der Waals surface area contributed by atoms with Crippen LogP contribution in [0, 0.1) is 0 Å². The summed E-state index contributed by atoms with van der Waals surface area (Å²) in [4.78, 5) is 4.69. The van der Waals surface area contributed by atoms with Gasteiger partial charge in [-0.25, -0.2) is 4.98 Å². The van der Waals surface area contributed by atoms with Crippen molar-refractivity contribution in [2.45, 2.75) is 19.5 Å². The average molecular weight is 347 g/mol. The van der Waals surface area contributed by atoms with Crippen LogP contribution in [0.15, 0.2) is 53.0 Å². The van der Waals surface area contributed by atoms with Gasteiger partial charge in [0.15, 0.2) is 0 Å². The SMILES string of the molecule is CC(NCc1ccc(Br)cc1)c1nc2ccccc2s1. The molecule has 3 rings (SSSR count). The highest BCUT2D eigenvalue weighted by Gasteiger charge is 2.10. The maximum Gasteiger partial charge on any atom is 0.111 e. The number of aromatic nitrogens is 1. The van der Waals surface area contributed by atoms with Crippen molar-refractivity contribution in [3.05, 3.63) is 63.6 Å². The van der Waals surface area contributed by atoms with Crippen molar-refractivity contribution in [2.24, 2.45) is 0 Å². The molecule has 4 heteroatoms. The summed E-state index contributed by atoms with van der Waals surface area (Å²) in [7, 11) is 0. The molecule has 1 unspecified atom stereocenters. The van der Waals surface area contributed by atoms with E-state index in [1.807, 2.05) is 6.07 Å². The summed E-state index contributed by atoms with van der Waals surface area (Å²) in [6.45, 7) is 3.01. The van der Waals surface area contributed by atoms with Crippen molar-refractivity contribution in [3.63, 3.8) is 0 Å². The first-order valence-corrected chi connectivity index (χ1v) is 8.16. The first kappa shape index (κ1) is 13.7. The van der Waals surface area contributed by atoms with Crippen LogP contribution in [0.3, 0.4) is 0 Å². The fourth-order valence-electron chi connectivity index (χ4n) is 2.04. The number of hydrogen-bond donors (Lipinski definition) is 1. The van der Waals surface area contributed by atoms with Crippen molar-refractivity contribution in [1.29, 1.82) is 0 Å². The minimum Gasteiger partial charge on any atom is -0.304 e. The molecule has 0 radical (unpaired) electrons. The van der Waals surface area contributed by atoms with Crippen LogP contribution in [-0.2, 0) is 6.54 Å². The van der Waals surface area contributed by atoms with E-state index in [1.165, 1.54) is 10.3 Å². The Kier molecular flexibility index (Phi) is 4.15. The molecule has 2 aromatic carbocycles. The Balaban J connectivity index is 1.69. The Bertz CT molecular complexity index is 673. The summed E-state index contributed by atoms with van der Waals surface area (Å²) in [5.74, 6) is 0. The lowest BCUT2D eigenvalue weighted by atomic mass is 10.2. The lowest BCUT2D eigenvalue weighted by molar-refractivity contribution is 0.573. The van der Waals surface area contributed by atoms with Crippen LogP contribution in [0.5, 0.6) is 0 Å². The fourth-order valence-corrected chi connectivity index (χ4v) is 3.29. The lowest BCUT2D eigenvalue weighted by Crippen LogP contribution is -2.17. The Morgan fingerprint density at radius 2 is 1.90 bits per heavy atom. The monoisotopic (exact) mass is 346 g/mol. The molecule has 0 aliphatic heterocycles. The van der Waals surface area contributed by atoms with Gasteiger partial charge in [-0.1, -0.05) is 40.2 Å². The predicted octanol–water partition coefficient (Wildman–Crippen LogP) is 4.91. The Labute approximate surface area is 131 Å². The normalized spacial score (nSPS) is 12.7. The van der Waals surface area contributed by atoms with Crippen LogP contribution >= 0.6 is 27.3 Å². The second kappa shape index (κ2) is 6.04. The number of para-hydroxylation sites is 1. The zero-order chi connectivity index (χ0) is 13.9. The average Bonchev–Trinajstić information content (AvgIpc) is 2.90. The van der Waals surface area contributed by atoms with E-state index in [0.29, 0.717) is 0 Å². The Hall–Kier alpha value is -1.23. The van der Waals surface area contributed by atoms with Crippen molar-refractivity contribution >= 4 is 37.5 Å². The van der Waals surface area contributed by atoms with Gasteiger partial charge in [0.1, 0.15) is 5.01 Å². The van der Waals surface area contributed by atoms with E-state index >= 15 is 0 Å². The van der Waals surface area contributed by atoms with E-state index < -0.39 is 0 Å². The summed E-state index contributed by atoms with van der Waals surface area (Å²) in [6.07, 6.45) is 0. The van der Waals surface area contributed by atoms with Crippen molar-refractivity contribution in [3.8, 4) is 0 Å². The highest BCUT2D eigenvalue weighted by Crippen LogP contribution is 2.26. The van der Waals surface area contributed by atoms with E-state index in [4.69, 9.17) is 0 Å². The van der Waals surface area contributed by atoms with Crippen LogP contribution < -0.4 is 5.32 Å². The number of fused-ring (bicyclic) bond motifs is 1. The molecule has 0 spiro atoms. The fraction of sp³-hybridized carbons (Fsp3) is 0.188. The summed E-state index contributed by atoms with van der Waals surface area (Å²) in [6, 6.07) is 16.9. The van der Waals surface area contributed by atoms with Gasteiger partial charge in [-0.05, 0) is 36.8 Å². The maximum atomic E-state index is 4.69. The number of rotatable bonds is 4. The summed E-state index contributed by atoms with van der Waals surface area (Å²) in [5, 5.41) is 4.67. The molecule has 0 saturated carbocycles. The van der Waals surface area contributed by atoms with Crippen LogP contribution in [-0.4, -0.2) is 4.98 Å². The van der Waals surface area contributed by atoms with Crippen molar-refractivity contribution in [2.75, 3.05) is 0 Å². The quantitative estimate of drug-likeness (QED) is 0.725. The highest BCUT2D eigenvalue weighted by molar-refractivity contribution is 9.10. The van der Waals surface area contributed by atoms with Gasteiger partial charge in [-0.15, -0.1) is 11.3 Å². The zero-order valence-corrected chi connectivity index (χ0v) is 13.5. The van der Waals surface area contributed by atoms with Gasteiger partial charge in [0, 0.05) is 11.0 Å². The van der Waals surface area contributed by atoms with E-state index in [1.54, 1.807) is 11.3 Å². The van der Waals surface area contributed by atoms with Gasteiger partial charge in [0.25, 0.3) is 0 Å². The molecule has 1 atom stereocenters. The third-order valence-electron chi connectivity index (χ3n) is 3.21. The van der Waals surface area contributed by atoms with Crippen LogP contribution in [0.4, 0.5) is 0 Å². The van der Waals surface area contributed by atoms with Crippen molar-refractivity contribution < 1.29 is 0 Å². The molecule has 0 amide bonds. The summed E-state index contributed by atoms with van der Waals surface area (Å²) in [5.41, 5.74) is 2.37. The van der Waals surface area contributed by atoms with Crippen LogP contribution in [0.1, 0.15) is 23.5 Å². The van der Waals surface area contributed by atoms with Gasteiger partial charge in [-0.3, -0.25) is 0 Å². The molecule has 1 heterocycles. The van der Waals surface area contributed by atoms with Crippen LogP contribution in [0.2, 0.25) is 0 Å². The van der Waals surface area contributed by atoms with E-state index in [-0.39, 0.29) is 6.04 Å². The highest BCUT2D eigenvalue weighted by atomic mass is 79.9. The van der Waals surface area contributed by atoms with Gasteiger partial charge < -0.3 is 5.32 Å². The van der Waals surface area contributed by atoms with E-state index in [9.17, 15) is 0 Å². The molecule has 1 aromatic heterocycles. The van der Waals surface area contributed by atoms with Crippen molar-refractivity contribution in [1.82, 2.24) is 10.3 Å². The molecule has 102 valence electrons. The molecule has 20 heavy (non-hydrogen) atoms. The largest absolute Gasteiger partial charge is 0.304 e. The number of benzene rings is 2. The van der Waals surface area contributed by atoms with Gasteiger partial charge in [-0.2, -0.15) is 0 Å². The van der Waals surface area contributed by atoms with Gasteiger partial charge in [0.2, 0.25) is 0 Å². The Morgan fingerprint density at radius 1 is 1.15 bits per heavy atom. The molecular formula is C16H15BrN2S. The predicted molar refractivity (Wildman–Crippen MR) is 89.0 cm³/mol. The number of halogens is 1. The van der Waals surface area contributed by atoms with E-state index in [0.717, 1.165) is 21.5 Å². The van der Waals surface area contributed by atoms with Gasteiger partial charge in [0.05, 0.1) is 16.3 Å². The standard InChI is InChI=1S/C16H15BrN2S/c1-11(18-10-12-6-8-13(17)9-7-12)16-19-14-4-2-3-5-15(14)20-16/h2-9,11,18H,10H2,1H3. The first-order valence-electron chi connectivity index (χ1n) is 6.55.